The van der Waals surface area contributed by atoms with Crippen molar-refractivity contribution < 1.29 is 13.2 Å². The lowest BCUT2D eigenvalue weighted by Crippen LogP contribution is -2.32. The van der Waals surface area contributed by atoms with Gasteiger partial charge in [0.1, 0.15) is 0 Å². The van der Waals surface area contributed by atoms with E-state index in [2.05, 4.69) is 10.6 Å². The van der Waals surface area contributed by atoms with E-state index in [0.29, 0.717) is 5.69 Å². The number of carbonyl (C=O) groups excluding carboxylic acids is 1. The molecule has 0 aliphatic heterocycles. The molecule has 0 fully saturated rings. The Morgan fingerprint density at radius 1 is 0.967 bits per heavy atom. The Kier molecular flexibility index (Phi) is 6.61. The van der Waals surface area contributed by atoms with E-state index >= 15 is 0 Å². The summed E-state index contributed by atoms with van der Waals surface area (Å²) in [5, 5.41) is 7.71. The highest BCUT2D eigenvalue weighted by atomic mass is 32.2. The molecule has 0 spiro atoms. The van der Waals surface area contributed by atoms with Crippen LogP contribution in [0.15, 0.2) is 77.7 Å². The van der Waals surface area contributed by atoms with Crippen molar-refractivity contribution in [3.63, 3.8) is 0 Å². The zero-order valence-electron chi connectivity index (χ0n) is 16.5. The molecule has 0 radical (unpaired) electrons. The number of amides is 1. The average Bonchev–Trinajstić information content (AvgIpc) is 2.72. The SMILES string of the molecule is CN(C)S(=O)(=O)c1ccc(NC(=S)NC(=O)C=Cc2cccc3ccccc23)cc1. The molecule has 0 bridgehead atoms. The van der Waals surface area contributed by atoms with Crippen LogP contribution in [-0.4, -0.2) is 37.8 Å². The van der Waals surface area contributed by atoms with E-state index in [1.165, 1.54) is 32.3 Å². The number of nitrogens with zero attached hydrogens (tertiary/aromatic N) is 1. The van der Waals surface area contributed by atoms with Gasteiger partial charge in [0.05, 0.1) is 4.90 Å². The number of hydrogen-bond acceptors (Lipinski definition) is 4. The Balaban J connectivity index is 1.62. The highest BCUT2D eigenvalue weighted by Crippen LogP contribution is 2.19. The van der Waals surface area contributed by atoms with Crippen LogP contribution >= 0.6 is 12.2 Å². The van der Waals surface area contributed by atoms with E-state index in [1.807, 2.05) is 42.5 Å². The number of hydrogen-bond donors (Lipinski definition) is 2. The number of sulfonamides is 1. The summed E-state index contributed by atoms with van der Waals surface area (Å²) in [6.07, 6.45) is 3.16. The number of rotatable bonds is 5. The van der Waals surface area contributed by atoms with Crippen molar-refractivity contribution in [2.24, 2.45) is 0 Å². The smallest absolute Gasteiger partial charge is 0.250 e. The molecule has 0 aliphatic rings. The van der Waals surface area contributed by atoms with Crippen molar-refractivity contribution in [1.82, 2.24) is 9.62 Å². The van der Waals surface area contributed by atoms with Gasteiger partial charge in [-0.05, 0) is 58.9 Å². The van der Waals surface area contributed by atoms with Gasteiger partial charge in [0, 0.05) is 25.9 Å². The van der Waals surface area contributed by atoms with Gasteiger partial charge in [0.25, 0.3) is 0 Å². The Morgan fingerprint density at radius 3 is 2.33 bits per heavy atom. The predicted octanol–water partition coefficient (Wildman–Crippen LogP) is 3.62. The molecule has 1 amide bonds. The third-order valence-corrected chi connectivity index (χ3v) is 6.40. The highest BCUT2D eigenvalue weighted by molar-refractivity contribution is 7.89. The van der Waals surface area contributed by atoms with Crippen LogP contribution in [-0.2, 0) is 14.8 Å². The Bertz CT molecular complexity index is 1210. The molecule has 0 aromatic heterocycles. The minimum Gasteiger partial charge on any atom is -0.332 e. The minimum absolute atomic E-state index is 0.116. The Morgan fingerprint density at radius 2 is 1.63 bits per heavy atom. The molecular formula is C22H21N3O3S2. The zero-order valence-corrected chi connectivity index (χ0v) is 18.1. The van der Waals surface area contributed by atoms with Crippen LogP contribution in [0, 0.1) is 0 Å². The number of benzene rings is 3. The molecule has 2 N–H and O–H groups in total. The summed E-state index contributed by atoms with van der Waals surface area (Å²) < 4.78 is 25.3. The van der Waals surface area contributed by atoms with Crippen LogP contribution in [0.1, 0.15) is 5.56 Å². The monoisotopic (exact) mass is 439 g/mol. The first kappa shape index (κ1) is 21.6. The number of thiocarbonyl (C=S) groups is 1. The van der Waals surface area contributed by atoms with Crippen molar-refractivity contribution in [3.8, 4) is 0 Å². The van der Waals surface area contributed by atoms with Gasteiger partial charge in [-0.3, -0.25) is 10.1 Å². The first-order valence-electron chi connectivity index (χ1n) is 9.08. The van der Waals surface area contributed by atoms with Crippen LogP contribution in [0.25, 0.3) is 16.8 Å². The quantitative estimate of drug-likeness (QED) is 0.469. The second kappa shape index (κ2) is 9.17. The molecular weight excluding hydrogens is 418 g/mol. The van der Waals surface area contributed by atoms with E-state index in [4.69, 9.17) is 12.2 Å². The normalized spacial score (nSPS) is 11.7. The summed E-state index contributed by atoms with van der Waals surface area (Å²) in [6, 6.07) is 19.9. The lowest BCUT2D eigenvalue weighted by Gasteiger charge is -2.12. The van der Waals surface area contributed by atoms with E-state index in [-0.39, 0.29) is 15.9 Å². The maximum Gasteiger partial charge on any atom is 0.250 e. The van der Waals surface area contributed by atoms with Crippen molar-refractivity contribution in [3.05, 3.63) is 78.4 Å². The first-order chi connectivity index (χ1) is 14.3. The molecule has 0 heterocycles. The van der Waals surface area contributed by atoms with Crippen molar-refractivity contribution in [2.75, 3.05) is 19.4 Å². The van der Waals surface area contributed by atoms with Gasteiger partial charge in [-0.1, -0.05) is 42.5 Å². The van der Waals surface area contributed by atoms with Crippen LogP contribution in [0.4, 0.5) is 5.69 Å². The van der Waals surface area contributed by atoms with Gasteiger partial charge < -0.3 is 5.32 Å². The summed E-state index contributed by atoms with van der Waals surface area (Å²) in [5.74, 6) is -0.368. The number of carbonyl (C=O) groups is 1. The molecule has 0 saturated heterocycles. The molecule has 0 aliphatic carbocycles. The average molecular weight is 440 g/mol. The van der Waals surface area contributed by atoms with Crippen LogP contribution in [0.2, 0.25) is 0 Å². The van der Waals surface area contributed by atoms with Crippen molar-refractivity contribution in [1.29, 1.82) is 0 Å². The summed E-state index contributed by atoms with van der Waals surface area (Å²) in [5.41, 5.74) is 1.50. The third kappa shape index (κ3) is 5.10. The largest absolute Gasteiger partial charge is 0.332 e. The first-order valence-corrected chi connectivity index (χ1v) is 10.9. The maximum atomic E-state index is 12.2. The van der Waals surface area contributed by atoms with Gasteiger partial charge in [-0.2, -0.15) is 0 Å². The second-order valence-corrected chi connectivity index (χ2v) is 9.22. The van der Waals surface area contributed by atoms with E-state index in [0.717, 1.165) is 20.6 Å². The van der Waals surface area contributed by atoms with Crippen molar-refractivity contribution in [2.45, 2.75) is 4.90 Å². The second-order valence-electron chi connectivity index (χ2n) is 6.66. The molecule has 30 heavy (non-hydrogen) atoms. The van der Waals surface area contributed by atoms with E-state index < -0.39 is 10.0 Å². The molecule has 0 atom stereocenters. The highest BCUT2D eigenvalue weighted by Gasteiger charge is 2.16. The van der Waals surface area contributed by atoms with Gasteiger partial charge in [-0.15, -0.1) is 0 Å². The fraction of sp³-hybridized carbons (Fsp3) is 0.0909. The molecule has 3 aromatic carbocycles. The van der Waals surface area contributed by atoms with Crippen molar-refractivity contribution >= 4 is 55.8 Å². The fourth-order valence-electron chi connectivity index (χ4n) is 2.80. The zero-order chi connectivity index (χ0) is 21.7. The van der Waals surface area contributed by atoms with Gasteiger partial charge in [0.2, 0.25) is 15.9 Å². The predicted molar refractivity (Wildman–Crippen MR) is 125 cm³/mol. The van der Waals surface area contributed by atoms with Crippen LogP contribution < -0.4 is 10.6 Å². The fourth-order valence-corrected chi connectivity index (χ4v) is 3.92. The lowest BCUT2D eigenvalue weighted by atomic mass is 10.0. The molecule has 6 nitrogen and oxygen atoms in total. The molecule has 8 heteroatoms. The topological polar surface area (TPSA) is 78.5 Å². The minimum atomic E-state index is -3.50. The number of anilines is 1. The standard InChI is InChI=1S/C22H21N3O3S2/c1-25(2)30(27,28)19-13-11-18(12-14-19)23-22(29)24-21(26)15-10-17-8-5-7-16-6-3-4-9-20(16)17/h3-15H,1-2H3,(H2,23,24,26,29). The maximum absolute atomic E-state index is 12.2. The molecule has 154 valence electrons. The Labute approximate surface area is 181 Å². The third-order valence-electron chi connectivity index (χ3n) is 4.37. The molecule has 3 rings (SSSR count). The number of fused-ring (bicyclic) bond motifs is 1. The molecule has 3 aromatic rings. The van der Waals surface area contributed by atoms with Gasteiger partial charge >= 0.3 is 0 Å². The van der Waals surface area contributed by atoms with Crippen LogP contribution in [0.5, 0.6) is 0 Å². The van der Waals surface area contributed by atoms with Gasteiger partial charge in [0.15, 0.2) is 5.11 Å². The summed E-state index contributed by atoms with van der Waals surface area (Å²) in [7, 11) is -0.556. The van der Waals surface area contributed by atoms with E-state index in [1.54, 1.807) is 18.2 Å². The summed E-state index contributed by atoms with van der Waals surface area (Å²) in [6.45, 7) is 0. The molecule has 0 saturated carbocycles. The summed E-state index contributed by atoms with van der Waals surface area (Å²) >= 11 is 5.16. The molecule has 0 unspecified atom stereocenters. The lowest BCUT2D eigenvalue weighted by molar-refractivity contribution is -0.115. The summed E-state index contributed by atoms with van der Waals surface area (Å²) in [4.78, 5) is 12.4. The number of nitrogens with one attached hydrogen (secondary N) is 2. The Hall–Kier alpha value is -3.07. The van der Waals surface area contributed by atoms with Gasteiger partial charge in [-0.25, -0.2) is 12.7 Å². The van der Waals surface area contributed by atoms with Crippen LogP contribution in [0.3, 0.4) is 0 Å². The van der Waals surface area contributed by atoms with E-state index in [9.17, 15) is 13.2 Å².